The van der Waals surface area contributed by atoms with E-state index in [-0.39, 0.29) is 13.2 Å². The normalized spacial score (nSPS) is 17.1. The summed E-state index contributed by atoms with van der Waals surface area (Å²) in [6.07, 6.45) is -1.72. The summed E-state index contributed by atoms with van der Waals surface area (Å²) in [6.45, 7) is 2.05. The summed E-state index contributed by atoms with van der Waals surface area (Å²) >= 11 is 0. The fourth-order valence-electron chi connectivity index (χ4n) is 1.78. The van der Waals surface area contributed by atoms with Gasteiger partial charge in [0.15, 0.2) is 0 Å². The van der Waals surface area contributed by atoms with Crippen LogP contribution < -0.4 is 0 Å². The van der Waals surface area contributed by atoms with Crippen molar-refractivity contribution in [1.82, 2.24) is 4.90 Å². The highest BCUT2D eigenvalue weighted by atomic mass is 19.1. The number of aryl methyl sites for hydroxylation is 1. The monoisotopic (exact) mass is 279 g/mol. The molecule has 6 heteroatoms. The molecule has 1 aliphatic heterocycles. The Bertz CT molecular complexity index is 553. The highest BCUT2D eigenvalue weighted by Crippen LogP contribution is 2.23. The Hall–Kier alpha value is -2.21. The average Bonchev–Trinajstić information content (AvgIpc) is 2.85. The molecule has 1 atom stereocenters. The largest absolute Gasteiger partial charge is 0.447 e. The van der Waals surface area contributed by atoms with Crippen molar-refractivity contribution in [3.05, 3.63) is 47.3 Å². The molecule has 1 saturated heterocycles. The minimum Gasteiger partial charge on any atom is -0.447 e. The standard InChI is InChI=1S/C14H14FNO4/c1-9-2-4-10(5-3-9)13(18)11(15)8-12(17)16-6-7-20-14(16)19/h2-5,8,13,18H,6-7H2,1H3/b11-8-. The third-order valence-corrected chi connectivity index (χ3v) is 2.94. The predicted molar refractivity (Wildman–Crippen MR) is 68.4 cm³/mol. The first-order valence-electron chi connectivity index (χ1n) is 6.09. The van der Waals surface area contributed by atoms with Gasteiger partial charge in [0.05, 0.1) is 6.54 Å². The van der Waals surface area contributed by atoms with Gasteiger partial charge in [-0.25, -0.2) is 14.1 Å². The first kappa shape index (κ1) is 14.2. The van der Waals surface area contributed by atoms with Gasteiger partial charge in [0.1, 0.15) is 18.5 Å². The number of nitrogens with zero attached hydrogens (tertiary/aromatic N) is 1. The number of carbonyl (C=O) groups is 2. The van der Waals surface area contributed by atoms with Gasteiger partial charge in [0, 0.05) is 6.08 Å². The third kappa shape index (κ3) is 3.03. The van der Waals surface area contributed by atoms with E-state index in [1.54, 1.807) is 24.3 Å². The van der Waals surface area contributed by atoms with Crippen LogP contribution in [-0.2, 0) is 9.53 Å². The Morgan fingerprint density at radius 1 is 1.45 bits per heavy atom. The molecule has 1 aromatic rings. The molecule has 0 aromatic heterocycles. The number of halogens is 1. The zero-order valence-corrected chi connectivity index (χ0v) is 10.9. The maximum atomic E-state index is 13.8. The number of amides is 2. The molecule has 1 aromatic carbocycles. The van der Waals surface area contributed by atoms with Crippen molar-refractivity contribution in [2.45, 2.75) is 13.0 Å². The number of imide groups is 1. The second kappa shape index (κ2) is 5.83. The van der Waals surface area contributed by atoms with Gasteiger partial charge in [-0.15, -0.1) is 0 Å². The molecule has 0 aliphatic carbocycles. The number of cyclic esters (lactones) is 1. The third-order valence-electron chi connectivity index (χ3n) is 2.94. The summed E-state index contributed by atoms with van der Waals surface area (Å²) < 4.78 is 18.4. The van der Waals surface area contributed by atoms with Crippen LogP contribution in [0.3, 0.4) is 0 Å². The van der Waals surface area contributed by atoms with Crippen LogP contribution in [0, 0.1) is 6.92 Å². The molecule has 2 amide bonds. The molecule has 20 heavy (non-hydrogen) atoms. The molecule has 1 aliphatic rings. The molecular weight excluding hydrogens is 265 g/mol. The van der Waals surface area contributed by atoms with Crippen LogP contribution in [0.15, 0.2) is 36.2 Å². The number of aliphatic hydroxyl groups is 1. The van der Waals surface area contributed by atoms with Gasteiger partial charge in [0.25, 0.3) is 5.91 Å². The molecule has 106 valence electrons. The van der Waals surface area contributed by atoms with Crippen LogP contribution in [-0.4, -0.2) is 35.2 Å². The van der Waals surface area contributed by atoms with E-state index in [9.17, 15) is 19.1 Å². The van der Waals surface area contributed by atoms with E-state index in [1.807, 2.05) is 6.92 Å². The van der Waals surface area contributed by atoms with Gasteiger partial charge < -0.3 is 9.84 Å². The number of rotatable bonds is 3. The molecule has 0 radical (unpaired) electrons. The molecule has 0 saturated carbocycles. The average molecular weight is 279 g/mol. The van der Waals surface area contributed by atoms with Crippen molar-refractivity contribution < 1.29 is 23.8 Å². The Kier molecular flexibility index (Phi) is 4.14. The van der Waals surface area contributed by atoms with Crippen molar-refractivity contribution in [2.24, 2.45) is 0 Å². The lowest BCUT2D eigenvalue weighted by Crippen LogP contribution is -2.30. The van der Waals surface area contributed by atoms with E-state index in [0.717, 1.165) is 10.5 Å². The zero-order chi connectivity index (χ0) is 14.7. The predicted octanol–water partition coefficient (Wildman–Crippen LogP) is 1.86. The van der Waals surface area contributed by atoms with E-state index in [1.165, 1.54) is 0 Å². The van der Waals surface area contributed by atoms with Crippen LogP contribution in [0.5, 0.6) is 0 Å². The summed E-state index contributed by atoms with van der Waals surface area (Å²) in [5.74, 6) is -1.85. The van der Waals surface area contributed by atoms with E-state index in [0.29, 0.717) is 11.6 Å². The van der Waals surface area contributed by atoms with Gasteiger partial charge in [-0.2, -0.15) is 0 Å². The first-order valence-corrected chi connectivity index (χ1v) is 6.09. The first-order chi connectivity index (χ1) is 9.49. The molecule has 1 N–H and O–H groups in total. The van der Waals surface area contributed by atoms with Crippen molar-refractivity contribution >= 4 is 12.0 Å². The minimum absolute atomic E-state index is 0.0854. The van der Waals surface area contributed by atoms with Crippen LogP contribution in [0.2, 0.25) is 0 Å². The molecule has 5 nitrogen and oxygen atoms in total. The second-order valence-electron chi connectivity index (χ2n) is 4.45. The summed E-state index contributed by atoms with van der Waals surface area (Å²) in [6, 6.07) is 6.60. The zero-order valence-electron chi connectivity index (χ0n) is 10.9. The fourth-order valence-corrected chi connectivity index (χ4v) is 1.78. The lowest BCUT2D eigenvalue weighted by atomic mass is 10.1. The SMILES string of the molecule is Cc1ccc(C(O)/C(F)=C/C(=O)N2CCOC2=O)cc1. The summed E-state index contributed by atoms with van der Waals surface area (Å²) in [7, 11) is 0. The maximum Gasteiger partial charge on any atom is 0.416 e. The number of aliphatic hydroxyl groups excluding tert-OH is 1. The number of carbonyl (C=O) groups excluding carboxylic acids is 2. The van der Waals surface area contributed by atoms with Gasteiger partial charge in [-0.1, -0.05) is 29.8 Å². The van der Waals surface area contributed by atoms with Gasteiger partial charge >= 0.3 is 6.09 Å². The van der Waals surface area contributed by atoms with Crippen molar-refractivity contribution in [1.29, 1.82) is 0 Å². The highest BCUT2D eigenvalue weighted by molar-refractivity contribution is 5.99. The van der Waals surface area contributed by atoms with Gasteiger partial charge in [-0.3, -0.25) is 4.79 Å². The lowest BCUT2D eigenvalue weighted by Gasteiger charge is -2.11. The molecular formula is C14H14FNO4. The van der Waals surface area contributed by atoms with E-state index < -0.39 is 23.9 Å². The topological polar surface area (TPSA) is 66.8 Å². The molecule has 2 rings (SSSR count). The number of hydrogen-bond acceptors (Lipinski definition) is 4. The van der Waals surface area contributed by atoms with Gasteiger partial charge in [-0.05, 0) is 12.5 Å². The van der Waals surface area contributed by atoms with Crippen molar-refractivity contribution in [2.75, 3.05) is 13.2 Å². The number of hydrogen-bond donors (Lipinski definition) is 1. The van der Waals surface area contributed by atoms with Crippen LogP contribution in [0.4, 0.5) is 9.18 Å². The number of ether oxygens (including phenoxy) is 1. The number of benzene rings is 1. The highest BCUT2D eigenvalue weighted by Gasteiger charge is 2.28. The minimum atomic E-state index is -1.53. The van der Waals surface area contributed by atoms with E-state index in [2.05, 4.69) is 4.74 Å². The Morgan fingerprint density at radius 2 is 2.10 bits per heavy atom. The maximum absolute atomic E-state index is 13.8. The Labute approximate surface area is 115 Å². The molecule has 1 fully saturated rings. The molecule has 1 heterocycles. The Balaban J connectivity index is 2.11. The van der Waals surface area contributed by atoms with Crippen LogP contribution in [0.1, 0.15) is 17.2 Å². The van der Waals surface area contributed by atoms with Crippen LogP contribution in [0.25, 0.3) is 0 Å². The smallest absolute Gasteiger partial charge is 0.416 e. The summed E-state index contributed by atoms with van der Waals surface area (Å²) in [5, 5.41) is 9.81. The quantitative estimate of drug-likeness (QED) is 0.858. The molecule has 0 spiro atoms. The van der Waals surface area contributed by atoms with E-state index in [4.69, 9.17) is 0 Å². The Morgan fingerprint density at radius 3 is 2.65 bits per heavy atom. The summed E-state index contributed by atoms with van der Waals surface area (Å²) in [5.41, 5.74) is 1.31. The fraction of sp³-hybridized carbons (Fsp3) is 0.286. The second-order valence-corrected chi connectivity index (χ2v) is 4.45. The summed E-state index contributed by atoms with van der Waals surface area (Å²) in [4.78, 5) is 23.6. The van der Waals surface area contributed by atoms with Gasteiger partial charge in [0.2, 0.25) is 0 Å². The molecule has 1 unspecified atom stereocenters. The molecule has 0 bridgehead atoms. The van der Waals surface area contributed by atoms with Crippen molar-refractivity contribution in [3.8, 4) is 0 Å². The van der Waals surface area contributed by atoms with Crippen LogP contribution >= 0.6 is 0 Å². The lowest BCUT2D eigenvalue weighted by molar-refractivity contribution is -0.122. The van der Waals surface area contributed by atoms with Crippen molar-refractivity contribution in [3.63, 3.8) is 0 Å². The van der Waals surface area contributed by atoms with E-state index >= 15 is 0 Å².